The number of hydrogen-bond acceptors (Lipinski definition) is 6. The average molecular weight is 764 g/mol. The van der Waals surface area contributed by atoms with Gasteiger partial charge in [-0.3, -0.25) is 0 Å². The van der Waals surface area contributed by atoms with Crippen LogP contribution in [0.3, 0.4) is 0 Å². The van der Waals surface area contributed by atoms with Crippen LogP contribution in [-0.4, -0.2) is 15.0 Å². The van der Waals surface area contributed by atoms with Crippen LogP contribution in [0.25, 0.3) is 119 Å². The predicted molar refractivity (Wildman–Crippen MR) is 240 cm³/mol. The fourth-order valence-electron chi connectivity index (χ4n) is 8.40. The first-order chi connectivity index (χ1) is 28.3. The van der Waals surface area contributed by atoms with Gasteiger partial charge >= 0.3 is 0 Å². The Morgan fingerprint density at radius 2 is 0.860 bits per heavy atom. The van der Waals surface area contributed by atoms with E-state index in [9.17, 15) is 0 Å². The molecule has 266 valence electrons. The van der Waals surface area contributed by atoms with Crippen molar-refractivity contribution >= 4 is 85.0 Å². The summed E-state index contributed by atoms with van der Waals surface area (Å²) in [5.41, 5.74) is 9.29. The normalized spacial score (nSPS) is 11.9. The van der Waals surface area contributed by atoms with Gasteiger partial charge in [-0.15, -0.1) is 22.7 Å². The second kappa shape index (κ2) is 12.8. The van der Waals surface area contributed by atoms with Crippen LogP contribution in [0.15, 0.2) is 180 Å². The Hall–Kier alpha value is -6.99. The van der Waals surface area contributed by atoms with Crippen LogP contribution >= 0.6 is 22.7 Å². The molecule has 4 aromatic heterocycles. The summed E-state index contributed by atoms with van der Waals surface area (Å²) >= 11 is 3.63. The Bertz CT molecular complexity index is 3470. The number of hydrogen-bond donors (Lipinski definition) is 0. The fraction of sp³-hybridized carbons (Fsp3) is 0. The molecule has 0 spiro atoms. The minimum atomic E-state index is 0.652. The number of para-hydroxylation sites is 1. The van der Waals surface area contributed by atoms with Crippen molar-refractivity contribution in [1.29, 1.82) is 0 Å². The Balaban J connectivity index is 1.09. The third-order valence-corrected chi connectivity index (χ3v) is 13.4. The van der Waals surface area contributed by atoms with E-state index < -0.39 is 0 Å². The van der Waals surface area contributed by atoms with E-state index in [1.807, 2.05) is 47.7 Å². The summed E-state index contributed by atoms with van der Waals surface area (Å²) in [5, 5.41) is 7.18. The maximum atomic E-state index is 6.86. The van der Waals surface area contributed by atoms with Gasteiger partial charge in [0.05, 0.1) is 0 Å². The molecule has 0 aliphatic rings. The summed E-state index contributed by atoms with van der Waals surface area (Å²) in [4.78, 5) is 15.2. The number of benzene rings is 8. The summed E-state index contributed by atoms with van der Waals surface area (Å²) in [7, 11) is 0. The number of nitrogens with zero attached hydrogens (tertiary/aromatic N) is 3. The van der Waals surface area contributed by atoms with E-state index in [1.54, 1.807) is 11.3 Å². The van der Waals surface area contributed by atoms with Crippen molar-refractivity contribution in [1.82, 2.24) is 15.0 Å². The molecule has 0 saturated carbocycles. The van der Waals surface area contributed by atoms with Gasteiger partial charge in [-0.25, -0.2) is 15.0 Å². The molecule has 0 saturated heterocycles. The van der Waals surface area contributed by atoms with Gasteiger partial charge in [-0.2, -0.15) is 0 Å². The van der Waals surface area contributed by atoms with Gasteiger partial charge < -0.3 is 4.42 Å². The van der Waals surface area contributed by atoms with Gasteiger partial charge in [0.15, 0.2) is 17.5 Å². The average Bonchev–Trinajstić information content (AvgIpc) is 3.98. The predicted octanol–water partition coefficient (Wildman–Crippen LogP) is 14.8. The molecular formula is C51H29N3OS2. The Kier molecular flexibility index (Phi) is 7.24. The maximum Gasteiger partial charge on any atom is 0.165 e. The van der Waals surface area contributed by atoms with Crippen LogP contribution in [0, 0.1) is 0 Å². The van der Waals surface area contributed by atoms with Crippen LogP contribution in [0.5, 0.6) is 0 Å². The van der Waals surface area contributed by atoms with Crippen molar-refractivity contribution < 1.29 is 4.42 Å². The molecule has 0 aliphatic carbocycles. The van der Waals surface area contributed by atoms with E-state index >= 15 is 0 Å². The highest BCUT2D eigenvalue weighted by Crippen LogP contribution is 2.49. The van der Waals surface area contributed by atoms with Gasteiger partial charge in [-0.05, 0) is 41.5 Å². The lowest BCUT2D eigenvalue weighted by atomic mass is 9.92. The zero-order valence-electron chi connectivity index (χ0n) is 30.3. The molecule has 8 aromatic carbocycles. The molecule has 0 radical (unpaired) electrons. The largest absolute Gasteiger partial charge is 0.455 e. The van der Waals surface area contributed by atoms with Gasteiger partial charge in [0.1, 0.15) is 11.2 Å². The third-order valence-electron chi connectivity index (χ3n) is 11.0. The summed E-state index contributed by atoms with van der Waals surface area (Å²) in [6.45, 7) is 0. The third kappa shape index (κ3) is 5.08. The highest BCUT2D eigenvalue weighted by molar-refractivity contribution is 7.26. The zero-order chi connectivity index (χ0) is 37.5. The molecule has 12 aromatic rings. The Morgan fingerprint density at radius 1 is 0.333 bits per heavy atom. The SMILES string of the molecule is c1ccc(-c2nc(-c3ccccc3)nc(-c3cccc4c3sc3cccc(-c5ccc(-c6cccc7c6sc6ccccc67)c6oc7ccccc7c56)c34)n2)cc1. The molecule has 0 aliphatic heterocycles. The second-order valence-electron chi connectivity index (χ2n) is 14.2. The fourth-order valence-corrected chi connectivity index (χ4v) is 10.9. The lowest BCUT2D eigenvalue weighted by Crippen LogP contribution is -2.00. The minimum absolute atomic E-state index is 0.652. The van der Waals surface area contributed by atoms with Crippen molar-refractivity contribution in [2.24, 2.45) is 0 Å². The molecule has 0 bridgehead atoms. The van der Waals surface area contributed by atoms with Crippen molar-refractivity contribution in [3.63, 3.8) is 0 Å². The van der Waals surface area contributed by atoms with Crippen molar-refractivity contribution in [2.45, 2.75) is 0 Å². The lowest BCUT2D eigenvalue weighted by Gasteiger charge is -2.11. The standard InChI is InChI=1S/C51H29N3OS2/c1-3-14-30(15-4-1)49-52-50(31-16-5-2-6-17-31)54-51(53-49)40-24-12-23-39-44-33(20-13-27-43(44)57-48(39)40)34-28-29-35(46-45(34)38-19-7-9-25-41(38)55-46)37-22-11-21-36-32-18-8-10-26-42(32)56-47(36)37/h1-29H. The summed E-state index contributed by atoms with van der Waals surface area (Å²) in [6.07, 6.45) is 0. The molecule has 4 nitrogen and oxygen atoms in total. The highest BCUT2D eigenvalue weighted by Gasteiger charge is 2.23. The first kappa shape index (κ1) is 32.3. The number of fused-ring (bicyclic) bond motifs is 9. The molecule has 0 N–H and O–H groups in total. The molecule has 6 heteroatoms. The monoisotopic (exact) mass is 763 g/mol. The summed E-state index contributed by atoms with van der Waals surface area (Å²) in [5.74, 6) is 1.96. The quantitative estimate of drug-likeness (QED) is 0.175. The van der Waals surface area contributed by atoms with E-state index in [2.05, 4.69) is 140 Å². The van der Waals surface area contributed by atoms with E-state index in [4.69, 9.17) is 19.4 Å². The molecule has 12 rings (SSSR count). The van der Waals surface area contributed by atoms with Gasteiger partial charge in [0.25, 0.3) is 0 Å². The minimum Gasteiger partial charge on any atom is -0.455 e. The maximum absolute atomic E-state index is 6.86. The van der Waals surface area contributed by atoms with Gasteiger partial charge in [0.2, 0.25) is 0 Å². The summed E-state index contributed by atoms with van der Waals surface area (Å²) in [6, 6.07) is 61.8. The lowest BCUT2D eigenvalue weighted by molar-refractivity contribution is 0.670. The number of thiophene rings is 2. The van der Waals surface area contributed by atoms with E-state index in [1.165, 1.54) is 46.8 Å². The topological polar surface area (TPSA) is 51.8 Å². The summed E-state index contributed by atoms with van der Waals surface area (Å²) < 4.78 is 11.8. The Morgan fingerprint density at radius 3 is 1.65 bits per heavy atom. The van der Waals surface area contributed by atoms with Crippen LogP contribution in [0.1, 0.15) is 0 Å². The van der Waals surface area contributed by atoms with E-state index in [-0.39, 0.29) is 0 Å². The van der Waals surface area contributed by atoms with E-state index in [0.717, 1.165) is 54.5 Å². The van der Waals surface area contributed by atoms with Crippen LogP contribution < -0.4 is 0 Å². The van der Waals surface area contributed by atoms with Crippen LogP contribution in [-0.2, 0) is 0 Å². The first-order valence-electron chi connectivity index (χ1n) is 18.9. The number of furan rings is 1. The van der Waals surface area contributed by atoms with Crippen molar-refractivity contribution in [3.8, 4) is 56.4 Å². The first-order valence-corrected chi connectivity index (χ1v) is 20.6. The molecule has 0 atom stereocenters. The molecule has 57 heavy (non-hydrogen) atoms. The van der Waals surface area contributed by atoms with Crippen molar-refractivity contribution in [2.75, 3.05) is 0 Å². The van der Waals surface area contributed by atoms with Crippen LogP contribution in [0.2, 0.25) is 0 Å². The molecule has 4 heterocycles. The van der Waals surface area contributed by atoms with Crippen molar-refractivity contribution in [3.05, 3.63) is 176 Å². The molecular weight excluding hydrogens is 735 g/mol. The Labute approximate surface area is 335 Å². The molecule has 0 amide bonds. The number of rotatable bonds is 5. The molecule has 0 fully saturated rings. The molecule has 0 unspecified atom stereocenters. The van der Waals surface area contributed by atoms with E-state index in [0.29, 0.717) is 17.5 Å². The highest BCUT2D eigenvalue weighted by atomic mass is 32.1. The second-order valence-corrected chi connectivity index (χ2v) is 16.3. The van der Waals surface area contributed by atoms with Gasteiger partial charge in [-0.1, -0.05) is 146 Å². The number of aromatic nitrogens is 3. The van der Waals surface area contributed by atoms with Gasteiger partial charge in [0, 0.05) is 78.9 Å². The van der Waals surface area contributed by atoms with Crippen LogP contribution in [0.4, 0.5) is 0 Å². The zero-order valence-corrected chi connectivity index (χ0v) is 31.9. The smallest absolute Gasteiger partial charge is 0.165 e.